The van der Waals surface area contributed by atoms with Crippen LogP contribution >= 0.6 is 15.9 Å². The first kappa shape index (κ1) is 14.0. The lowest BCUT2D eigenvalue weighted by atomic mass is 10.1. The molecule has 1 aliphatic heterocycles. The Morgan fingerprint density at radius 3 is 2.61 bits per heavy atom. The molecule has 0 saturated carbocycles. The Balaban J connectivity index is 1.77. The van der Waals surface area contributed by atoms with Crippen LogP contribution in [-0.4, -0.2) is 38.1 Å². The molecule has 0 spiro atoms. The van der Waals surface area contributed by atoms with Crippen molar-refractivity contribution in [3.8, 4) is 0 Å². The predicted octanol–water partition coefficient (Wildman–Crippen LogP) is 1.56. The molecule has 1 saturated heterocycles. The fourth-order valence-corrected chi connectivity index (χ4v) is 3.30. The fourth-order valence-electron chi connectivity index (χ4n) is 2.08. The van der Waals surface area contributed by atoms with Crippen molar-refractivity contribution in [2.45, 2.75) is 25.4 Å². The molecule has 1 N–H and O–H groups in total. The Bertz CT molecular complexity index is 492. The molecule has 7 heteroatoms. The number of nitrogens with zero attached hydrogens (tertiary/aromatic N) is 1. The van der Waals surface area contributed by atoms with E-state index in [9.17, 15) is 8.42 Å². The van der Waals surface area contributed by atoms with Crippen LogP contribution in [-0.2, 0) is 16.6 Å². The Labute approximate surface area is 116 Å². The summed E-state index contributed by atoms with van der Waals surface area (Å²) < 4.78 is 30.4. The molecule has 0 aliphatic carbocycles. The van der Waals surface area contributed by atoms with Crippen molar-refractivity contribution in [3.05, 3.63) is 22.6 Å². The van der Waals surface area contributed by atoms with Crippen LogP contribution in [0.3, 0.4) is 0 Å². The lowest BCUT2D eigenvalue weighted by Gasteiger charge is -2.30. The second-order valence-corrected chi connectivity index (χ2v) is 7.29. The Hall–Kier alpha value is -0.370. The van der Waals surface area contributed by atoms with E-state index < -0.39 is 10.0 Å². The maximum absolute atomic E-state index is 11.4. The summed E-state index contributed by atoms with van der Waals surface area (Å²) in [7, 11) is -3.03. The maximum atomic E-state index is 11.4. The highest BCUT2D eigenvalue weighted by Crippen LogP contribution is 2.16. The normalized spacial score (nSPS) is 19.2. The molecular weight excluding hydrogens is 320 g/mol. The van der Waals surface area contributed by atoms with E-state index in [1.54, 1.807) is 0 Å². The number of furan rings is 1. The standard InChI is InChI=1S/C11H17BrN2O3S/c1-18(15,16)14-6-4-9(5-7-14)13-8-10-2-3-11(12)17-10/h2-3,9,13H,4-8H2,1H3. The highest BCUT2D eigenvalue weighted by molar-refractivity contribution is 9.10. The molecule has 18 heavy (non-hydrogen) atoms. The Morgan fingerprint density at radius 2 is 2.11 bits per heavy atom. The summed E-state index contributed by atoms with van der Waals surface area (Å²) >= 11 is 3.26. The third-order valence-electron chi connectivity index (χ3n) is 3.12. The van der Waals surface area contributed by atoms with Gasteiger partial charge in [0.25, 0.3) is 0 Å². The predicted molar refractivity (Wildman–Crippen MR) is 72.7 cm³/mol. The van der Waals surface area contributed by atoms with Crippen LogP contribution in [0.5, 0.6) is 0 Å². The molecule has 1 aliphatic rings. The van der Waals surface area contributed by atoms with Crippen molar-refractivity contribution in [1.82, 2.24) is 9.62 Å². The fraction of sp³-hybridized carbons (Fsp3) is 0.636. The van der Waals surface area contributed by atoms with Gasteiger partial charge in [0.15, 0.2) is 4.67 Å². The smallest absolute Gasteiger partial charge is 0.211 e. The van der Waals surface area contributed by atoms with Gasteiger partial charge in [-0.2, -0.15) is 0 Å². The largest absolute Gasteiger partial charge is 0.453 e. The molecule has 2 heterocycles. The zero-order valence-electron chi connectivity index (χ0n) is 10.2. The summed E-state index contributed by atoms with van der Waals surface area (Å²) in [6.07, 6.45) is 2.95. The number of hydrogen-bond donors (Lipinski definition) is 1. The van der Waals surface area contributed by atoms with E-state index in [0.717, 1.165) is 23.3 Å². The van der Waals surface area contributed by atoms with Crippen LogP contribution in [0.4, 0.5) is 0 Å². The van der Waals surface area contributed by atoms with Gasteiger partial charge in [0.05, 0.1) is 12.8 Å². The molecule has 0 atom stereocenters. The summed E-state index contributed by atoms with van der Waals surface area (Å²) in [5.41, 5.74) is 0. The molecule has 1 aromatic heterocycles. The van der Waals surface area contributed by atoms with Crippen molar-refractivity contribution < 1.29 is 12.8 Å². The van der Waals surface area contributed by atoms with Crippen LogP contribution in [0.15, 0.2) is 21.2 Å². The number of halogens is 1. The zero-order chi connectivity index (χ0) is 13.2. The molecule has 102 valence electrons. The highest BCUT2D eigenvalue weighted by atomic mass is 79.9. The van der Waals surface area contributed by atoms with Crippen molar-refractivity contribution in [2.75, 3.05) is 19.3 Å². The minimum Gasteiger partial charge on any atom is -0.453 e. The van der Waals surface area contributed by atoms with Gasteiger partial charge in [-0.3, -0.25) is 0 Å². The summed E-state index contributed by atoms with van der Waals surface area (Å²) in [5, 5.41) is 3.39. The molecule has 0 radical (unpaired) electrons. The van der Waals surface area contributed by atoms with Crippen LogP contribution in [0, 0.1) is 0 Å². The van der Waals surface area contributed by atoms with Crippen molar-refractivity contribution >= 4 is 26.0 Å². The number of sulfonamides is 1. The molecule has 0 unspecified atom stereocenters. The van der Waals surface area contributed by atoms with E-state index in [0.29, 0.717) is 25.7 Å². The quantitative estimate of drug-likeness (QED) is 0.906. The van der Waals surface area contributed by atoms with Gasteiger partial charge in [-0.05, 0) is 40.9 Å². The second kappa shape index (κ2) is 5.73. The topological polar surface area (TPSA) is 62.6 Å². The van der Waals surface area contributed by atoms with Crippen LogP contribution in [0.1, 0.15) is 18.6 Å². The molecule has 0 amide bonds. The first-order chi connectivity index (χ1) is 8.45. The van der Waals surface area contributed by atoms with E-state index in [2.05, 4.69) is 21.2 Å². The maximum Gasteiger partial charge on any atom is 0.211 e. The second-order valence-electron chi connectivity index (χ2n) is 4.52. The van der Waals surface area contributed by atoms with Gasteiger partial charge < -0.3 is 9.73 Å². The van der Waals surface area contributed by atoms with Crippen LogP contribution in [0.2, 0.25) is 0 Å². The van der Waals surface area contributed by atoms with Crippen LogP contribution in [0.25, 0.3) is 0 Å². The van der Waals surface area contributed by atoms with Crippen LogP contribution < -0.4 is 5.32 Å². The molecule has 0 bridgehead atoms. The highest BCUT2D eigenvalue weighted by Gasteiger charge is 2.24. The van der Waals surface area contributed by atoms with Gasteiger partial charge >= 0.3 is 0 Å². The van der Waals surface area contributed by atoms with Crippen molar-refractivity contribution in [3.63, 3.8) is 0 Å². The Morgan fingerprint density at radius 1 is 1.44 bits per heavy atom. The van der Waals surface area contributed by atoms with E-state index >= 15 is 0 Å². The molecule has 2 rings (SSSR count). The average molecular weight is 337 g/mol. The summed E-state index contributed by atoms with van der Waals surface area (Å²) in [6, 6.07) is 4.14. The van der Waals surface area contributed by atoms with Crippen molar-refractivity contribution in [2.24, 2.45) is 0 Å². The molecular formula is C11H17BrN2O3S. The monoisotopic (exact) mass is 336 g/mol. The zero-order valence-corrected chi connectivity index (χ0v) is 12.6. The minimum atomic E-state index is -3.03. The summed E-state index contributed by atoms with van der Waals surface area (Å²) in [5.74, 6) is 0.882. The number of rotatable bonds is 4. The van der Waals surface area contributed by atoms with E-state index in [1.807, 2.05) is 12.1 Å². The first-order valence-electron chi connectivity index (χ1n) is 5.88. The van der Waals surface area contributed by atoms with E-state index in [1.165, 1.54) is 10.6 Å². The van der Waals surface area contributed by atoms with Gasteiger partial charge in [0.1, 0.15) is 5.76 Å². The van der Waals surface area contributed by atoms with Crippen molar-refractivity contribution in [1.29, 1.82) is 0 Å². The lowest BCUT2D eigenvalue weighted by Crippen LogP contribution is -2.44. The average Bonchev–Trinajstić information content (AvgIpc) is 2.72. The molecule has 5 nitrogen and oxygen atoms in total. The van der Waals surface area contributed by atoms with Gasteiger partial charge in [-0.1, -0.05) is 0 Å². The van der Waals surface area contributed by atoms with E-state index in [4.69, 9.17) is 4.42 Å². The number of nitrogens with one attached hydrogen (secondary N) is 1. The Kier molecular flexibility index (Phi) is 4.47. The summed E-state index contributed by atoms with van der Waals surface area (Å²) in [6.45, 7) is 1.87. The third-order valence-corrected chi connectivity index (χ3v) is 4.85. The number of piperidine rings is 1. The van der Waals surface area contributed by atoms with Gasteiger partial charge in [-0.25, -0.2) is 12.7 Å². The third kappa shape index (κ3) is 3.81. The first-order valence-corrected chi connectivity index (χ1v) is 8.52. The summed E-state index contributed by atoms with van der Waals surface area (Å²) in [4.78, 5) is 0. The van der Waals surface area contributed by atoms with E-state index in [-0.39, 0.29) is 0 Å². The molecule has 1 fully saturated rings. The number of hydrogen-bond acceptors (Lipinski definition) is 4. The van der Waals surface area contributed by atoms with Gasteiger partial charge in [0, 0.05) is 19.1 Å². The van der Waals surface area contributed by atoms with Gasteiger partial charge in [-0.15, -0.1) is 0 Å². The lowest BCUT2D eigenvalue weighted by molar-refractivity contribution is 0.284. The van der Waals surface area contributed by atoms with Gasteiger partial charge in [0.2, 0.25) is 10.0 Å². The minimum absolute atomic E-state index is 0.354. The SMILES string of the molecule is CS(=O)(=O)N1CCC(NCc2ccc(Br)o2)CC1. The molecule has 1 aromatic rings. The molecule has 0 aromatic carbocycles.